The van der Waals surface area contributed by atoms with Crippen molar-refractivity contribution in [3.05, 3.63) is 136 Å². The number of benzene rings is 4. The number of methoxy groups -OCH3 is 1. The second kappa shape index (κ2) is 11.3. The van der Waals surface area contributed by atoms with Crippen molar-refractivity contribution < 1.29 is 13.9 Å². The number of aryl methyl sites for hydroxylation is 1. The van der Waals surface area contributed by atoms with Crippen molar-refractivity contribution in [2.45, 2.75) is 44.8 Å². The fourth-order valence-electron chi connectivity index (χ4n) is 6.54. The van der Waals surface area contributed by atoms with Gasteiger partial charge in [0.05, 0.1) is 19.7 Å². The zero-order valence-corrected chi connectivity index (χ0v) is 23.1. The first-order chi connectivity index (χ1) is 19.5. The van der Waals surface area contributed by atoms with Crippen LogP contribution < -0.4 is 4.74 Å². The summed E-state index contributed by atoms with van der Waals surface area (Å²) in [4.78, 5) is 18.5. The van der Waals surface area contributed by atoms with Crippen LogP contribution in [0.3, 0.4) is 0 Å². The molecule has 6 rings (SSSR count). The van der Waals surface area contributed by atoms with Crippen LogP contribution in [0, 0.1) is 12.7 Å². The fourth-order valence-corrected chi connectivity index (χ4v) is 6.54. The van der Waals surface area contributed by atoms with Crippen molar-refractivity contribution in [2.24, 2.45) is 0 Å². The molecule has 0 fully saturated rings. The molecule has 1 amide bonds. The molecule has 5 heteroatoms. The molecule has 2 aliphatic rings. The molecule has 40 heavy (non-hydrogen) atoms. The summed E-state index contributed by atoms with van der Waals surface area (Å²) in [6, 6.07) is 29.7. The standard InChI is InChI=1S/C35H35FN2O2/c1-24-10-3-7-15-30(24)35-34-25(14-9-17-32(34)40-2)18-19-37(35)23-33(39)38(22-28-13-6-8-16-31(28)36)29-20-26-11-4-5-12-27(26)21-29/h3-17,29,35H,18-23H2,1-2H3. The third-order valence-corrected chi connectivity index (χ3v) is 8.59. The number of amides is 1. The van der Waals surface area contributed by atoms with Gasteiger partial charge in [0.2, 0.25) is 5.91 Å². The number of carbonyl (C=O) groups is 1. The maximum atomic E-state index is 14.8. The molecular formula is C35H35FN2O2. The molecule has 0 saturated heterocycles. The maximum absolute atomic E-state index is 14.8. The average Bonchev–Trinajstić information content (AvgIpc) is 3.41. The van der Waals surface area contributed by atoms with Crippen molar-refractivity contribution in [1.29, 1.82) is 0 Å². The highest BCUT2D eigenvalue weighted by atomic mass is 19.1. The summed E-state index contributed by atoms with van der Waals surface area (Å²) in [5, 5.41) is 0. The van der Waals surface area contributed by atoms with E-state index in [0.717, 1.165) is 37.1 Å². The third kappa shape index (κ3) is 5.02. The quantitative estimate of drug-likeness (QED) is 0.280. The van der Waals surface area contributed by atoms with Gasteiger partial charge in [0.1, 0.15) is 11.6 Å². The first-order valence-corrected chi connectivity index (χ1v) is 14.1. The maximum Gasteiger partial charge on any atom is 0.237 e. The van der Waals surface area contributed by atoms with Gasteiger partial charge in [0, 0.05) is 30.3 Å². The molecule has 0 spiro atoms. The first-order valence-electron chi connectivity index (χ1n) is 14.1. The van der Waals surface area contributed by atoms with E-state index in [0.29, 0.717) is 5.56 Å². The molecule has 1 aliphatic heterocycles. The van der Waals surface area contributed by atoms with Gasteiger partial charge in [-0.3, -0.25) is 9.69 Å². The minimum Gasteiger partial charge on any atom is -0.496 e. The van der Waals surface area contributed by atoms with Gasteiger partial charge in [-0.2, -0.15) is 0 Å². The molecule has 4 aromatic carbocycles. The van der Waals surface area contributed by atoms with E-state index in [1.54, 1.807) is 19.2 Å². The lowest BCUT2D eigenvalue weighted by Gasteiger charge is -2.40. The lowest BCUT2D eigenvalue weighted by molar-refractivity contribution is -0.136. The van der Waals surface area contributed by atoms with Crippen molar-refractivity contribution >= 4 is 5.91 Å². The van der Waals surface area contributed by atoms with Gasteiger partial charge in [0.15, 0.2) is 0 Å². The van der Waals surface area contributed by atoms with E-state index >= 15 is 0 Å². The minimum absolute atomic E-state index is 0.00645. The van der Waals surface area contributed by atoms with E-state index in [4.69, 9.17) is 4.74 Å². The lowest BCUT2D eigenvalue weighted by Crippen LogP contribution is -2.48. The molecule has 0 saturated carbocycles. The molecule has 1 unspecified atom stereocenters. The zero-order chi connectivity index (χ0) is 27.6. The Bertz CT molecular complexity index is 1490. The summed E-state index contributed by atoms with van der Waals surface area (Å²) in [6.07, 6.45) is 2.41. The van der Waals surface area contributed by atoms with Gasteiger partial charge in [-0.1, -0.05) is 78.9 Å². The van der Waals surface area contributed by atoms with Gasteiger partial charge < -0.3 is 9.64 Å². The van der Waals surface area contributed by atoms with Crippen LogP contribution >= 0.6 is 0 Å². The van der Waals surface area contributed by atoms with Gasteiger partial charge in [-0.25, -0.2) is 4.39 Å². The Kier molecular flexibility index (Phi) is 7.40. The van der Waals surface area contributed by atoms with Crippen LogP contribution in [0.2, 0.25) is 0 Å². The summed E-state index contributed by atoms with van der Waals surface area (Å²) in [5.74, 6) is 0.598. The highest BCUT2D eigenvalue weighted by Gasteiger charge is 2.36. The van der Waals surface area contributed by atoms with Crippen molar-refractivity contribution in [2.75, 3.05) is 20.2 Å². The molecule has 0 N–H and O–H groups in total. The van der Waals surface area contributed by atoms with Crippen molar-refractivity contribution in [1.82, 2.24) is 9.80 Å². The van der Waals surface area contributed by atoms with Gasteiger partial charge >= 0.3 is 0 Å². The Labute approximate surface area is 236 Å². The predicted octanol–water partition coefficient (Wildman–Crippen LogP) is 6.29. The average molecular weight is 535 g/mol. The molecule has 4 aromatic rings. The van der Waals surface area contributed by atoms with Gasteiger partial charge in [-0.05, 0) is 66.1 Å². The molecule has 4 nitrogen and oxygen atoms in total. The van der Waals surface area contributed by atoms with E-state index in [1.165, 1.54) is 33.9 Å². The van der Waals surface area contributed by atoms with Gasteiger partial charge in [-0.15, -0.1) is 0 Å². The summed E-state index contributed by atoms with van der Waals surface area (Å²) in [7, 11) is 1.71. The molecule has 1 aliphatic carbocycles. The van der Waals surface area contributed by atoms with E-state index in [1.807, 2.05) is 29.2 Å². The molecule has 0 aromatic heterocycles. The van der Waals surface area contributed by atoms with E-state index < -0.39 is 0 Å². The Morgan fingerprint density at radius 3 is 2.30 bits per heavy atom. The van der Waals surface area contributed by atoms with Gasteiger partial charge in [0.25, 0.3) is 0 Å². The lowest BCUT2D eigenvalue weighted by atomic mass is 9.85. The van der Waals surface area contributed by atoms with Crippen molar-refractivity contribution in [3.8, 4) is 5.75 Å². The molecule has 1 atom stereocenters. The van der Waals surface area contributed by atoms with Crippen LogP contribution in [0.1, 0.15) is 45.0 Å². The van der Waals surface area contributed by atoms with E-state index in [2.05, 4.69) is 60.4 Å². The summed E-state index contributed by atoms with van der Waals surface area (Å²) in [5.41, 5.74) is 7.83. The highest BCUT2D eigenvalue weighted by Crippen LogP contribution is 2.41. The van der Waals surface area contributed by atoms with Crippen LogP contribution in [0.25, 0.3) is 0 Å². The molecule has 204 valence electrons. The van der Waals surface area contributed by atoms with Crippen molar-refractivity contribution in [3.63, 3.8) is 0 Å². The molecular weight excluding hydrogens is 499 g/mol. The number of halogens is 1. The SMILES string of the molecule is COc1cccc2c1C(c1ccccc1C)N(CC(=O)N(Cc1ccccc1F)C1Cc3ccccc3C1)CC2. The van der Waals surface area contributed by atoms with E-state index in [-0.39, 0.29) is 36.9 Å². The highest BCUT2D eigenvalue weighted by molar-refractivity contribution is 5.79. The second-order valence-corrected chi connectivity index (χ2v) is 11.0. The number of hydrogen-bond donors (Lipinski definition) is 0. The molecule has 0 radical (unpaired) electrons. The first kappa shape index (κ1) is 26.3. The third-order valence-electron chi connectivity index (χ3n) is 8.59. The molecule has 1 heterocycles. The van der Waals surface area contributed by atoms with Crippen LogP contribution in [0.4, 0.5) is 4.39 Å². The largest absolute Gasteiger partial charge is 0.496 e. The topological polar surface area (TPSA) is 32.8 Å². The smallest absolute Gasteiger partial charge is 0.237 e. The number of fused-ring (bicyclic) bond motifs is 2. The number of carbonyl (C=O) groups excluding carboxylic acids is 1. The number of ether oxygens (including phenoxy) is 1. The minimum atomic E-state index is -0.273. The predicted molar refractivity (Wildman–Crippen MR) is 156 cm³/mol. The Hall–Kier alpha value is -3.96. The van der Waals surface area contributed by atoms with Crippen LogP contribution in [0.15, 0.2) is 91.0 Å². The Morgan fingerprint density at radius 1 is 0.900 bits per heavy atom. The number of nitrogens with zero attached hydrogens (tertiary/aromatic N) is 2. The normalized spacial score (nSPS) is 16.8. The summed E-state index contributed by atoms with van der Waals surface area (Å²) in [6.45, 7) is 3.38. The summed E-state index contributed by atoms with van der Waals surface area (Å²) >= 11 is 0. The summed E-state index contributed by atoms with van der Waals surface area (Å²) < 4.78 is 20.7. The molecule has 0 bridgehead atoms. The van der Waals surface area contributed by atoms with Crippen LogP contribution in [-0.2, 0) is 30.6 Å². The zero-order valence-electron chi connectivity index (χ0n) is 23.1. The monoisotopic (exact) mass is 534 g/mol. The van der Waals surface area contributed by atoms with Crippen LogP contribution in [-0.4, -0.2) is 41.9 Å². The van der Waals surface area contributed by atoms with Crippen LogP contribution in [0.5, 0.6) is 5.75 Å². The number of hydrogen-bond acceptors (Lipinski definition) is 3. The number of rotatable bonds is 7. The fraction of sp³-hybridized carbons (Fsp3) is 0.286. The Morgan fingerprint density at radius 2 is 1.57 bits per heavy atom. The van der Waals surface area contributed by atoms with E-state index in [9.17, 15) is 9.18 Å². The Balaban J connectivity index is 1.35. The second-order valence-electron chi connectivity index (χ2n) is 11.0.